The van der Waals surface area contributed by atoms with Gasteiger partial charge >= 0.3 is 0 Å². The van der Waals surface area contributed by atoms with Gasteiger partial charge in [0.25, 0.3) is 0 Å². The first-order valence-corrected chi connectivity index (χ1v) is 6.91. The lowest BCUT2D eigenvalue weighted by molar-refractivity contribution is -0.699. The molecule has 0 heterocycles. The first-order valence-electron chi connectivity index (χ1n) is 6.91. The molecule has 0 spiro atoms. The molecule has 0 amide bonds. The summed E-state index contributed by atoms with van der Waals surface area (Å²) in [7, 11) is 1.68. The quantitative estimate of drug-likeness (QED) is 0.845. The van der Waals surface area contributed by atoms with E-state index in [1.165, 1.54) is 0 Å². The number of hydrogen-bond donors (Lipinski definition) is 2. The van der Waals surface area contributed by atoms with Crippen molar-refractivity contribution < 1.29 is 15.2 Å². The molecule has 2 rings (SSSR count). The van der Waals surface area contributed by atoms with E-state index in [9.17, 15) is 5.11 Å². The van der Waals surface area contributed by atoms with Crippen molar-refractivity contribution in [1.82, 2.24) is 0 Å². The molecule has 0 saturated heterocycles. The highest BCUT2D eigenvalue weighted by atomic mass is 16.5. The summed E-state index contributed by atoms with van der Waals surface area (Å²) < 4.78 is 5.38. The maximum Gasteiger partial charge on any atom is 0.128 e. The summed E-state index contributed by atoms with van der Waals surface area (Å²) in [4.78, 5) is 0. The lowest BCUT2D eigenvalue weighted by atomic mass is 10.1. The van der Waals surface area contributed by atoms with E-state index in [4.69, 9.17) is 4.74 Å². The zero-order valence-corrected chi connectivity index (χ0v) is 12.0. The van der Waals surface area contributed by atoms with E-state index in [0.29, 0.717) is 6.54 Å². The lowest BCUT2D eigenvalue weighted by Crippen LogP contribution is -2.85. The molecule has 2 atom stereocenters. The molecule has 0 fully saturated rings. The van der Waals surface area contributed by atoms with Gasteiger partial charge in [0.15, 0.2) is 0 Å². The first kappa shape index (κ1) is 14.6. The van der Waals surface area contributed by atoms with Crippen LogP contribution in [0.5, 0.6) is 5.75 Å². The van der Waals surface area contributed by atoms with Crippen molar-refractivity contribution in [2.45, 2.75) is 19.1 Å². The summed E-state index contributed by atoms with van der Waals surface area (Å²) in [6.07, 6.45) is -0.451. The number of para-hydroxylation sites is 1. The standard InChI is InChI=1S/C17H21NO2/c1-13(15-10-6-7-11-17(15)20-2)18-12-16(19)14-8-4-3-5-9-14/h3-11,13,16,18-19H,12H2,1-2H3/p+1/t13-,16+/m1/s1. The molecule has 2 aromatic carbocycles. The van der Waals surface area contributed by atoms with Gasteiger partial charge in [-0.25, -0.2) is 0 Å². The second-order valence-electron chi connectivity index (χ2n) is 4.93. The fourth-order valence-corrected chi connectivity index (χ4v) is 2.31. The van der Waals surface area contributed by atoms with Crippen LogP contribution in [-0.4, -0.2) is 18.8 Å². The van der Waals surface area contributed by atoms with Gasteiger partial charge in [-0.15, -0.1) is 0 Å². The molecule has 0 bridgehead atoms. The SMILES string of the molecule is COc1ccccc1[C@@H](C)[NH2+]C[C@H](O)c1ccccc1. The number of quaternary nitrogens is 1. The Hall–Kier alpha value is -1.84. The number of rotatable bonds is 6. The molecule has 3 heteroatoms. The number of ether oxygens (including phenoxy) is 1. The van der Waals surface area contributed by atoms with Crippen molar-refractivity contribution in [2.75, 3.05) is 13.7 Å². The number of benzene rings is 2. The van der Waals surface area contributed by atoms with Crippen LogP contribution < -0.4 is 10.1 Å². The number of aliphatic hydroxyl groups excluding tert-OH is 1. The van der Waals surface area contributed by atoms with E-state index in [-0.39, 0.29) is 6.04 Å². The average Bonchev–Trinajstić information content (AvgIpc) is 2.53. The second-order valence-corrected chi connectivity index (χ2v) is 4.93. The average molecular weight is 272 g/mol. The molecule has 106 valence electrons. The summed E-state index contributed by atoms with van der Waals surface area (Å²) in [6, 6.07) is 18.0. The molecule has 0 saturated carbocycles. The predicted molar refractivity (Wildman–Crippen MR) is 79.6 cm³/mol. The Morgan fingerprint density at radius 1 is 1.05 bits per heavy atom. The first-order chi connectivity index (χ1) is 9.72. The Balaban J connectivity index is 1.97. The minimum Gasteiger partial charge on any atom is -0.496 e. The van der Waals surface area contributed by atoms with Crippen LogP contribution in [0.15, 0.2) is 54.6 Å². The van der Waals surface area contributed by atoms with E-state index in [1.54, 1.807) is 7.11 Å². The minimum atomic E-state index is -0.451. The van der Waals surface area contributed by atoms with Crippen LogP contribution in [0.2, 0.25) is 0 Å². The molecule has 0 aliphatic carbocycles. The molecule has 0 aromatic heterocycles. The summed E-state index contributed by atoms with van der Waals surface area (Å²) >= 11 is 0. The highest BCUT2D eigenvalue weighted by Gasteiger charge is 2.16. The third kappa shape index (κ3) is 3.59. The van der Waals surface area contributed by atoms with Crippen LogP contribution in [-0.2, 0) is 0 Å². The van der Waals surface area contributed by atoms with Crippen LogP contribution in [0.3, 0.4) is 0 Å². The third-order valence-corrected chi connectivity index (χ3v) is 3.53. The molecule has 0 aliphatic rings. The Kier molecular flexibility index (Phi) is 5.16. The van der Waals surface area contributed by atoms with Gasteiger partial charge in [0.1, 0.15) is 24.4 Å². The number of methoxy groups -OCH3 is 1. The fourth-order valence-electron chi connectivity index (χ4n) is 2.31. The highest BCUT2D eigenvalue weighted by Crippen LogP contribution is 2.22. The second kappa shape index (κ2) is 7.08. The van der Waals surface area contributed by atoms with E-state index in [1.807, 2.05) is 48.5 Å². The van der Waals surface area contributed by atoms with Crippen LogP contribution >= 0.6 is 0 Å². The normalized spacial score (nSPS) is 13.8. The lowest BCUT2D eigenvalue weighted by Gasteiger charge is -2.16. The van der Waals surface area contributed by atoms with Gasteiger partial charge in [-0.1, -0.05) is 42.5 Å². The molecular weight excluding hydrogens is 250 g/mol. The maximum absolute atomic E-state index is 10.2. The van der Waals surface area contributed by atoms with Crippen molar-refractivity contribution in [2.24, 2.45) is 0 Å². The van der Waals surface area contributed by atoms with E-state index in [0.717, 1.165) is 16.9 Å². The Morgan fingerprint density at radius 2 is 1.70 bits per heavy atom. The third-order valence-electron chi connectivity index (χ3n) is 3.53. The molecule has 0 aliphatic heterocycles. The van der Waals surface area contributed by atoms with Crippen molar-refractivity contribution >= 4 is 0 Å². The summed E-state index contributed by atoms with van der Waals surface area (Å²) in [5.74, 6) is 0.894. The highest BCUT2D eigenvalue weighted by molar-refractivity contribution is 5.34. The smallest absolute Gasteiger partial charge is 0.128 e. The fraction of sp³-hybridized carbons (Fsp3) is 0.294. The van der Waals surface area contributed by atoms with Crippen LogP contribution in [0.4, 0.5) is 0 Å². The van der Waals surface area contributed by atoms with Gasteiger partial charge < -0.3 is 15.2 Å². The van der Waals surface area contributed by atoms with E-state index < -0.39 is 6.10 Å². The molecular formula is C17H22NO2+. The van der Waals surface area contributed by atoms with E-state index in [2.05, 4.69) is 18.3 Å². The van der Waals surface area contributed by atoms with Gasteiger partial charge in [0, 0.05) is 0 Å². The predicted octanol–water partition coefficient (Wildman–Crippen LogP) is 2.05. The maximum atomic E-state index is 10.2. The summed E-state index contributed by atoms with van der Waals surface area (Å²) in [5, 5.41) is 12.3. The minimum absolute atomic E-state index is 0.240. The molecule has 0 unspecified atom stereocenters. The van der Waals surface area contributed by atoms with Crippen molar-refractivity contribution in [3.8, 4) is 5.75 Å². The number of aliphatic hydroxyl groups is 1. The monoisotopic (exact) mass is 272 g/mol. The topological polar surface area (TPSA) is 46.1 Å². The van der Waals surface area contributed by atoms with Crippen LogP contribution in [0.25, 0.3) is 0 Å². The van der Waals surface area contributed by atoms with E-state index >= 15 is 0 Å². The van der Waals surface area contributed by atoms with Gasteiger partial charge in [0.05, 0.1) is 12.7 Å². The summed E-state index contributed by atoms with van der Waals surface area (Å²) in [5.41, 5.74) is 2.10. The number of hydrogen-bond acceptors (Lipinski definition) is 2. The zero-order valence-electron chi connectivity index (χ0n) is 12.0. The van der Waals surface area contributed by atoms with Gasteiger partial charge in [-0.2, -0.15) is 0 Å². The number of nitrogens with two attached hydrogens (primary N) is 1. The largest absolute Gasteiger partial charge is 0.496 e. The summed E-state index contributed by atoms with van der Waals surface area (Å²) in [6.45, 7) is 2.75. The molecule has 0 radical (unpaired) electrons. The zero-order chi connectivity index (χ0) is 14.4. The Bertz CT molecular complexity index is 528. The van der Waals surface area contributed by atoms with Crippen LogP contribution in [0, 0.1) is 0 Å². The molecule has 3 N–H and O–H groups in total. The Morgan fingerprint density at radius 3 is 2.40 bits per heavy atom. The molecule has 2 aromatic rings. The Labute approximate surface area is 120 Å². The van der Waals surface area contributed by atoms with Crippen molar-refractivity contribution in [1.29, 1.82) is 0 Å². The van der Waals surface area contributed by atoms with Gasteiger partial charge in [-0.05, 0) is 24.6 Å². The van der Waals surface area contributed by atoms with Crippen LogP contribution in [0.1, 0.15) is 30.2 Å². The van der Waals surface area contributed by atoms with Gasteiger partial charge in [-0.3, -0.25) is 0 Å². The van der Waals surface area contributed by atoms with Crippen molar-refractivity contribution in [3.63, 3.8) is 0 Å². The molecule has 3 nitrogen and oxygen atoms in total. The molecule has 20 heavy (non-hydrogen) atoms. The van der Waals surface area contributed by atoms with Gasteiger partial charge in [0.2, 0.25) is 0 Å². The van der Waals surface area contributed by atoms with Crippen molar-refractivity contribution in [3.05, 3.63) is 65.7 Å².